The molecule has 0 amide bonds. The number of hydrogen-bond donors (Lipinski definition) is 1. The van der Waals surface area contributed by atoms with Crippen molar-refractivity contribution in [3.63, 3.8) is 0 Å². The van der Waals surface area contributed by atoms with Crippen LogP contribution in [-0.4, -0.2) is 11.7 Å². The Labute approximate surface area is 117 Å². The van der Waals surface area contributed by atoms with Gasteiger partial charge in [-0.25, -0.2) is 8.78 Å². The second-order valence-corrected chi connectivity index (χ2v) is 4.50. The minimum absolute atomic E-state index is 0.0828. The van der Waals surface area contributed by atoms with E-state index >= 15 is 0 Å². The van der Waals surface area contributed by atoms with Crippen molar-refractivity contribution in [2.45, 2.75) is 13.3 Å². The summed E-state index contributed by atoms with van der Waals surface area (Å²) < 4.78 is 26.1. The molecule has 2 rings (SSSR count). The molecular weight excluding hydrogens is 258 g/mol. The Balaban J connectivity index is 2.59. The number of benzene rings is 2. The summed E-state index contributed by atoms with van der Waals surface area (Å²) in [5.41, 5.74) is 3.28. The molecule has 2 aromatic carbocycles. The minimum atomic E-state index is -0.311. The zero-order valence-electron chi connectivity index (χ0n) is 11.2. The Hall–Kier alpha value is -2.00. The summed E-state index contributed by atoms with van der Waals surface area (Å²) in [5.74, 6) is -0.622. The van der Waals surface area contributed by atoms with E-state index in [2.05, 4.69) is 0 Å². The van der Waals surface area contributed by atoms with E-state index in [4.69, 9.17) is 0 Å². The summed E-state index contributed by atoms with van der Waals surface area (Å²) in [6.07, 6.45) is 0.667. The molecule has 0 bridgehead atoms. The van der Waals surface area contributed by atoms with Crippen LogP contribution < -0.4 is 0 Å². The molecule has 0 saturated heterocycles. The molecule has 2 aromatic rings. The Morgan fingerprint density at radius 1 is 0.850 bits per heavy atom. The fourth-order valence-electron chi connectivity index (χ4n) is 2.18. The van der Waals surface area contributed by atoms with Crippen LogP contribution in [-0.2, 0) is 0 Å². The van der Waals surface area contributed by atoms with Crippen LogP contribution in [0.15, 0.2) is 54.1 Å². The lowest BCUT2D eigenvalue weighted by Crippen LogP contribution is -1.98. The summed E-state index contributed by atoms with van der Waals surface area (Å²) in [5, 5.41) is 9.52. The molecule has 0 aliphatic rings. The van der Waals surface area contributed by atoms with E-state index in [1.807, 2.05) is 6.92 Å². The highest BCUT2D eigenvalue weighted by Crippen LogP contribution is 2.28. The van der Waals surface area contributed by atoms with Crippen molar-refractivity contribution in [1.82, 2.24) is 0 Å². The van der Waals surface area contributed by atoms with E-state index in [0.29, 0.717) is 6.42 Å². The lowest BCUT2D eigenvalue weighted by atomic mass is 9.92. The van der Waals surface area contributed by atoms with Crippen LogP contribution in [0, 0.1) is 11.6 Å². The van der Waals surface area contributed by atoms with E-state index in [9.17, 15) is 13.9 Å². The second-order valence-electron chi connectivity index (χ2n) is 4.50. The van der Waals surface area contributed by atoms with Gasteiger partial charge in [-0.3, -0.25) is 0 Å². The van der Waals surface area contributed by atoms with Gasteiger partial charge in [-0.1, -0.05) is 31.2 Å². The van der Waals surface area contributed by atoms with Crippen LogP contribution in [0.25, 0.3) is 5.57 Å². The van der Waals surface area contributed by atoms with Gasteiger partial charge < -0.3 is 5.11 Å². The van der Waals surface area contributed by atoms with Crippen molar-refractivity contribution in [3.05, 3.63) is 76.9 Å². The van der Waals surface area contributed by atoms with Gasteiger partial charge in [0.2, 0.25) is 0 Å². The van der Waals surface area contributed by atoms with Gasteiger partial charge in [0.1, 0.15) is 11.6 Å². The maximum Gasteiger partial charge on any atom is 0.123 e. The van der Waals surface area contributed by atoms with E-state index in [1.54, 1.807) is 24.3 Å². The van der Waals surface area contributed by atoms with Gasteiger partial charge in [0.15, 0.2) is 0 Å². The van der Waals surface area contributed by atoms with Crippen LogP contribution in [0.2, 0.25) is 0 Å². The van der Waals surface area contributed by atoms with Gasteiger partial charge in [-0.2, -0.15) is 0 Å². The van der Waals surface area contributed by atoms with Crippen molar-refractivity contribution in [1.29, 1.82) is 0 Å². The molecule has 1 nitrogen and oxygen atoms in total. The van der Waals surface area contributed by atoms with Crippen molar-refractivity contribution < 1.29 is 13.9 Å². The van der Waals surface area contributed by atoms with Gasteiger partial charge in [-0.15, -0.1) is 0 Å². The molecule has 0 unspecified atom stereocenters. The van der Waals surface area contributed by atoms with E-state index in [1.165, 1.54) is 24.3 Å². The highest BCUT2D eigenvalue weighted by Gasteiger charge is 2.11. The maximum absolute atomic E-state index is 13.1. The van der Waals surface area contributed by atoms with Crippen LogP contribution >= 0.6 is 0 Å². The highest BCUT2D eigenvalue weighted by molar-refractivity contribution is 5.82. The van der Waals surface area contributed by atoms with Crippen molar-refractivity contribution in [2.75, 3.05) is 6.61 Å². The molecular formula is C17H16F2O. The van der Waals surface area contributed by atoms with Crippen molar-refractivity contribution in [3.8, 4) is 0 Å². The third-order valence-electron chi connectivity index (χ3n) is 3.24. The van der Waals surface area contributed by atoms with Crippen LogP contribution in [0.1, 0.15) is 24.5 Å². The molecule has 104 valence electrons. The molecule has 0 spiro atoms. The van der Waals surface area contributed by atoms with Crippen LogP contribution in [0.5, 0.6) is 0 Å². The van der Waals surface area contributed by atoms with E-state index < -0.39 is 0 Å². The number of halogens is 2. The number of hydrogen-bond acceptors (Lipinski definition) is 1. The van der Waals surface area contributed by atoms with Crippen LogP contribution in [0.4, 0.5) is 8.78 Å². The lowest BCUT2D eigenvalue weighted by molar-refractivity contribution is 0.328. The maximum atomic E-state index is 13.1. The standard InChI is InChI=1S/C17H16F2O/c1-2-12(11-20)17(13-3-7-15(18)8-4-13)14-5-9-16(19)10-6-14/h3-10,20H,2,11H2,1H3. The summed E-state index contributed by atoms with van der Waals surface area (Å²) >= 11 is 0. The molecule has 0 aliphatic heterocycles. The zero-order valence-corrected chi connectivity index (χ0v) is 11.2. The van der Waals surface area contributed by atoms with Gasteiger partial charge in [0.05, 0.1) is 6.61 Å². The molecule has 0 atom stereocenters. The minimum Gasteiger partial charge on any atom is -0.392 e. The Bertz CT molecular complexity index is 544. The molecule has 3 heteroatoms. The number of rotatable bonds is 4. The molecule has 1 N–H and O–H groups in total. The fraction of sp³-hybridized carbons (Fsp3) is 0.176. The Morgan fingerprint density at radius 3 is 1.55 bits per heavy atom. The number of aliphatic hydroxyl groups excluding tert-OH is 1. The van der Waals surface area contributed by atoms with E-state index in [-0.39, 0.29) is 18.2 Å². The molecule has 0 radical (unpaired) electrons. The second kappa shape index (κ2) is 6.44. The van der Waals surface area contributed by atoms with Gasteiger partial charge in [-0.05, 0) is 53.0 Å². The normalized spacial score (nSPS) is 10.4. The molecule has 0 saturated carbocycles. The summed E-state index contributed by atoms with van der Waals surface area (Å²) in [6.45, 7) is 1.86. The number of aliphatic hydroxyl groups is 1. The first kappa shape index (κ1) is 14.4. The smallest absolute Gasteiger partial charge is 0.123 e. The lowest BCUT2D eigenvalue weighted by Gasteiger charge is -2.14. The Morgan fingerprint density at radius 2 is 1.25 bits per heavy atom. The average molecular weight is 274 g/mol. The first-order chi connectivity index (χ1) is 9.65. The zero-order chi connectivity index (χ0) is 14.5. The van der Waals surface area contributed by atoms with Crippen molar-refractivity contribution in [2.24, 2.45) is 0 Å². The van der Waals surface area contributed by atoms with E-state index in [0.717, 1.165) is 22.3 Å². The molecule has 0 fully saturated rings. The van der Waals surface area contributed by atoms with Gasteiger partial charge >= 0.3 is 0 Å². The highest BCUT2D eigenvalue weighted by atomic mass is 19.1. The largest absolute Gasteiger partial charge is 0.392 e. The summed E-state index contributed by atoms with van der Waals surface area (Å²) in [4.78, 5) is 0. The quantitative estimate of drug-likeness (QED) is 0.887. The third kappa shape index (κ3) is 3.11. The molecule has 0 aromatic heterocycles. The SMILES string of the molecule is CCC(CO)=C(c1ccc(F)cc1)c1ccc(F)cc1. The topological polar surface area (TPSA) is 20.2 Å². The van der Waals surface area contributed by atoms with Gasteiger partial charge in [0.25, 0.3) is 0 Å². The van der Waals surface area contributed by atoms with Crippen LogP contribution in [0.3, 0.4) is 0 Å². The van der Waals surface area contributed by atoms with Crippen molar-refractivity contribution >= 4 is 5.57 Å². The monoisotopic (exact) mass is 274 g/mol. The summed E-state index contributed by atoms with van der Waals surface area (Å²) in [6, 6.07) is 12.2. The predicted octanol–water partition coefficient (Wildman–Crippen LogP) is 4.17. The first-order valence-electron chi connectivity index (χ1n) is 6.50. The summed E-state index contributed by atoms with van der Waals surface area (Å²) in [7, 11) is 0. The molecule has 0 heterocycles. The van der Waals surface area contributed by atoms with Gasteiger partial charge in [0, 0.05) is 0 Å². The average Bonchev–Trinajstić information content (AvgIpc) is 2.47. The first-order valence-corrected chi connectivity index (χ1v) is 6.50. The predicted molar refractivity (Wildman–Crippen MR) is 76.2 cm³/mol. The third-order valence-corrected chi connectivity index (χ3v) is 3.24. The fourth-order valence-corrected chi connectivity index (χ4v) is 2.18. The molecule has 20 heavy (non-hydrogen) atoms. The Kier molecular flexibility index (Phi) is 4.64. The molecule has 0 aliphatic carbocycles.